The van der Waals surface area contributed by atoms with Crippen LogP contribution in [-0.2, 0) is 17.6 Å². The Hall–Kier alpha value is -1.89. The molecule has 1 aromatic carbocycles. The van der Waals surface area contributed by atoms with Crippen molar-refractivity contribution in [2.45, 2.75) is 56.9 Å². The van der Waals surface area contributed by atoms with Gasteiger partial charge in [-0.15, -0.1) is 0 Å². The van der Waals surface area contributed by atoms with Crippen LogP contribution in [0.1, 0.15) is 36.1 Å². The molecule has 1 aromatic rings. The highest BCUT2D eigenvalue weighted by Crippen LogP contribution is 2.57. The molecule has 4 nitrogen and oxygen atoms in total. The third-order valence-electron chi connectivity index (χ3n) is 4.37. The van der Waals surface area contributed by atoms with Crippen LogP contribution >= 0.6 is 0 Å². The maximum Gasteiger partial charge on any atom is 0.430 e. The van der Waals surface area contributed by atoms with Gasteiger partial charge in [-0.1, -0.05) is 6.92 Å². The van der Waals surface area contributed by atoms with E-state index in [1.807, 2.05) is 0 Å². The molecule has 0 aliphatic carbocycles. The smallest absolute Gasteiger partial charge is 0.430 e. The molecule has 0 amide bonds. The van der Waals surface area contributed by atoms with E-state index in [0.717, 1.165) is 6.92 Å². The number of phenols is 2. The van der Waals surface area contributed by atoms with Gasteiger partial charge in [0.1, 0.15) is 0 Å². The zero-order valence-electron chi connectivity index (χ0n) is 14.4. The SMILES string of the molecule is CCc1c(C(C)(O)C(F)(F)F)c(C)c(O)c(O)c1C(O)(C(F)(F)F)C(F)(F)F. The predicted molar refractivity (Wildman–Crippen MR) is 75.5 cm³/mol. The van der Waals surface area contributed by atoms with Crippen LogP contribution in [0, 0.1) is 6.92 Å². The number of alkyl halides is 9. The summed E-state index contributed by atoms with van der Waals surface area (Å²) in [6.45, 7) is 1.54. The lowest BCUT2D eigenvalue weighted by atomic mass is 9.77. The number of rotatable bonds is 3. The first kappa shape index (κ1) is 24.1. The summed E-state index contributed by atoms with van der Waals surface area (Å²) in [7, 11) is 0. The Balaban J connectivity index is 4.32. The fourth-order valence-corrected chi connectivity index (χ4v) is 2.90. The molecule has 4 N–H and O–H groups in total. The summed E-state index contributed by atoms with van der Waals surface area (Å²) in [6, 6.07) is 0. The summed E-state index contributed by atoms with van der Waals surface area (Å²) in [4.78, 5) is 0. The average molecular weight is 430 g/mol. The lowest BCUT2D eigenvalue weighted by Crippen LogP contribution is -2.55. The van der Waals surface area contributed by atoms with Crippen LogP contribution < -0.4 is 0 Å². The van der Waals surface area contributed by atoms with Gasteiger partial charge in [0.25, 0.3) is 5.60 Å². The van der Waals surface area contributed by atoms with Gasteiger partial charge in [-0.05, 0) is 25.8 Å². The molecule has 0 heterocycles. The van der Waals surface area contributed by atoms with Crippen LogP contribution in [-0.4, -0.2) is 39.0 Å². The van der Waals surface area contributed by atoms with E-state index >= 15 is 0 Å². The van der Waals surface area contributed by atoms with Gasteiger partial charge in [0.05, 0.1) is 5.56 Å². The quantitative estimate of drug-likeness (QED) is 0.431. The van der Waals surface area contributed by atoms with Crippen LogP contribution in [0.3, 0.4) is 0 Å². The van der Waals surface area contributed by atoms with E-state index in [2.05, 4.69) is 0 Å². The molecule has 0 bridgehead atoms. The molecule has 1 unspecified atom stereocenters. The van der Waals surface area contributed by atoms with Gasteiger partial charge in [0, 0.05) is 11.1 Å². The summed E-state index contributed by atoms with van der Waals surface area (Å²) in [5.74, 6) is -3.88. The lowest BCUT2D eigenvalue weighted by Gasteiger charge is -2.38. The van der Waals surface area contributed by atoms with Gasteiger partial charge in [0.15, 0.2) is 17.1 Å². The number of aliphatic hydroxyl groups is 2. The highest BCUT2D eigenvalue weighted by molar-refractivity contribution is 5.62. The molecular weight excluding hydrogens is 415 g/mol. The minimum Gasteiger partial charge on any atom is -0.504 e. The monoisotopic (exact) mass is 430 g/mol. The largest absolute Gasteiger partial charge is 0.504 e. The van der Waals surface area contributed by atoms with Crippen molar-refractivity contribution in [2.75, 3.05) is 0 Å². The number of phenolic OH excluding ortho intramolecular Hbond substituents is 2. The predicted octanol–water partition coefficient (Wildman–Crippen LogP) is 4.05. The number of hydrogen-bond donors (Lipinski definition) is 4. The summed E-state index contributed by atoms with van der Waals surface area (Å²) in [6.07, 6.45) is -19.7. The highest BCUT2D eigenvalue weighted by atomic mass is 19.4. The molecule has 13 heteroatoms. The van der Waals surface area contributed by atoms with Gasteiger partial charge in [-0.25, -0.2) is 0 Å². The van der Waals surface area contributed by atoms with Crippen molar-refractivity contribution < 1.29 is 59.9 Å². The van der Waals surface area contributed by atoms with Gasteiger partial charge < -0.3 is 20.4 Å². The van der Waals surface area contributed by atoms with Crippen LogP contribution in [0.15, 0.2) is 0 Å². The van der Waals surface area contributed by atoms with Crippen LogP contribution in [0.2, 0.25) is 0 Å². The first-order valence-electron chi connectivity index (χ1n) is 7.41. The molecule has 1 rings (SSSR count). The first-order chi connectivity index (χ1) is 12.2. The Morgan fingerprint density at radius 3 is 1.39 bits per heavy atom. The highest BCUT2D eigenvalue weighted by Gasteiger charge is 2.73. The Labute approximate surface area is 151 Å². The molecule has 0 saturated carbocycles. The standard InChI is InChI=1S/C15H15F9O4/c1-4-6-7(11(3,27)13(16,17)18)5(2)9(25)10(26)8(6)12(28,14(19,20)21)15(22,23)24/h25-28H,4H2,1-3H3. The maximum absolute atomic E-state index is 13.2. The van der Waals surface area contributed by atoms with Crippen LogP contribution in [0.4, 0.5) is 39.5 Å². The van der Waals surface area contributed by atoms with E-state index in [0.29, 0.717) is 6.92 Å². The molecule has 0 spiro atoms. The second-order valence-corrected chi connectivity index (χ2v) is 6.18. The van der Waals surface area contributed by atoms with E-state index in [4.69, 9.17) is 0 Å². The van der Waals surface area contributed by atoms with E-state index in [9.17, 15) is 59.9 Å². The first-order valence-corrected chi connectivity index (χ1v) is 7.41. The molecule has 28 heavy (non-hydrogen) atoms. The van der Waals surface area contributed by atoms with Crippen molar-refractivity contribution in [1.82, 2.24) is 0 Å². The Bertz CT molecular complexity index is 747. The van der Waals surface area contributed by atoms with Crippen molar-refractivity contribution in [3.05, 3.63) is 22.3 Å². The Morgan fingerprint density at radius 1 is 0.714 bits per heavy atom. The third-order valence-corrected chi connectivity index (χ3v) is 4.37. The van der Waals surface area contributed by atoms with Gasteiger partial charge in [0.2, 0.25) is 0 Å². The molecular formula is C15H15F9O4. The zero-order valence-corrected chi connectivity index (χ0v) is 14.4. The number of hydrogen-bond acceptors (Lipinski definition) is 4. The lowest BCUT2D eigenvalue weighted by molar-refractivity contribution is -0.376. The molecule has 0 fully saturated rings. The Morgan fingerprint density at radius 2 is 1.11 bits per heavy atom. The molecule has 0 aliphatic rings. The number of benzene rings is 1. The summed E-state index contributed by atoms with van der Waals surface area (Å²) < 4.78 is 119. The number of halogens is 9. The topological polar surface area (TPSA) is 80.9 Å². The number of aromatic hydroxyl groups is 2. The molecule has 0 radical (unpaired) electrons. The molecule has 0 aromatic heterocycles. The minimum absolute atomic E-state index is 0.0506. The van der Waals surface area contributed by atoms with Crippen molar-refractivity contribution in [1.29, 1.82) is 0 Å². The van der Waals surface area contributed by atoms with E-state index in [1.165, 1.54) is 0 Å². The average Bonchev–Trinajstić information content (AvgIpc) is 2.47. The minimum atomic E-state index is -6.55. The van der Waals surface area contributed by atoms with E-state index in [1.54, 1.807) is 0 Å². The fraction of sp³-hybridized carbons (Fsp3) is 0.600. The Kier molecular flexibility index (Phi) is 5.67. The van der Waals surface area contributed by atoms with Crippen molar-refractivity contribution in [3.8, 4) is 11.5 Å². The summed E-state index contributed by atoms with van der Waals surface area (Å²) in [5.41, 5.74) is -16.3. The molecule has 162 valence electrons. The van der Waals surface area contributed by atoms with Gasteiger partial charge in [-0.2, -0.15) is 39.5 Å². The molecule has 1 atom stereocenters. The van der Waals surface area contributed by atoms with Crippen molar-refractivity contribution in [2.24, 2.45) is 0 Å². The van der Waals surface area contributed by atoms with Gasteiger partial charge >= 0.3 is 18.5 Å². The molecule has 0 aliphatic heterocycles. The van der Waals surface area contributed by atoms with Crippen molar-refractivity contribution >= 4 is 0 Å². The van der Waals surface area contributed by atoms with Crippen molar-refractivity contribution in [3.63, 3.8) is 0 Å². The second-order valence-electron chi connectivity index (χ2n) is 6.18. The normalized spacial score (nSPS) is 16.2. The summed E-state index contributed by atoms with van der Waals surface area (Å²) >= 11 is 0. The van der Waals surface area contributed by atoms with Gasteiger partial charge in [-0.3, -0.25) is 0 Å². The fourth-order valence-electron chi connectivity index (χ4n) is 2.90. The van der Waals surface area contributed by atoms with Crippen LogP contribution in [0.5, 0.6) is 11.5 Å². The van der Waals surface area contributed by atoms with Crippen LogP contribution in [0.25, 0.3) is 0 Å². The second kappa shape index (κ2) is 6.58. The van der Waals surface area contributed by atoms with E-state index < -0.39 is 69.9 Å². The summed E-state index contributed by atoms with van der Waals surface area (Å²) in [5, 5.41) is 38.9. The third kappa shape index (κ3) is 3.23. The molecule has 0 saturated heterocycles. The zero-order chi connectivity index (χ0) is 22.7. The maximum atomic E-state index is 13.2. The van der Waals surface area contributed by atoms with E-state index in [-0.39, 0.29) is 6.92 Å².